The van der Waals surface area contributed by atoms with E-state index >= 15 is 0 Å². The molecule has 0 aliphatic carbocycles. The minimum atomic E-state index is -3.70. The van der Waals surface area contributed by atoms with E-state index in [0.29, 0.717) is 0 Å². The molecule has 0 unspecified atom stereocenters. The third-order valence-electron chi connectivity index (χ3n) is 3.90. The van der Waals surface area contributed by atoms with E-state index in [-0.39, 0.29) is 23.5 Å². The summed E-state index contributed by atoms with van der Waals surface area (Å²) in [7, 11) is -2.44. The minimum Gasteiger partial charge on any atom is -0.468 e. The fourth-order valence-electron chi connectivity index (χ4n) is 2.64. The van der Waals surface area contributed by atoms with Crippen LogP contribution in [-0.2, 0) is 26.1 Å². The molecule has 0 aliphatic heterocycles. The number of hydrogen-bond acceptors (Lipinski definition) is 5. The summed E-state index contributed by atoms with van der Waals surface area (Å²) in [4.78, 5) is 26.1. The second-order valence-corrected chi connectivity index (χ2v) is 9.29. The van der Waals surface area contributed by atoms with Crippen LogP contribution in [0.1, 0.15) is 36.7 Å². The average molecular weight is 419 g/mol. The standard InChI is InChI=1S/C21H26N2O5S/c1-21(2,3)22-29(26,27)18-12-10-17(11-13-18)20(25)23(15-19(24)28-4)14-16-8-6-5-7-9-16/h5-13,22H,14-15H2,1-4H3. The molecule has 0 bridgehead atoms. The highest BCUT2D eigenvalue weighted by atomic mass is 32.2. The van der Waals surface area contributed by atoms with Crippen molar-refractivity contribution in [2.45, 2.75) is 37.8 Å². The van der Waals surface area contributed by atoms with Crippen LogP contribution in [0.2, 0.25) is 0 Å². The first-order valence-electron chi connectivity index (χ1n) is 9.06. The number of benzene rings is 2. The predicted molar refractivity (Wildman–Crippen MR) is 110 cm³/mol. The molecule has 0 saturated carbocycles. The van der Waals surface area contributed by atoms with Crippen LogP contribution >= 0.6 is 0 Å². The second-order valence-electron chi connectivity index (χ2n) is 7.60. The summed E-state index contributed by atoms with van der Waals surface area (Å²) in [5, 5.41) is 0. The Morgan fingerprint density at radius 2 is 1.59 bits per heavy atom. The molecule has 156 valence electrons. The maximum absolute atomic E-state index is 12.9. The Labute approximate surface area is 171 Å². The van der Waals surface area contributed by atoms with Gasteiger partial charge in [0.05, 0.1) is 12.0 Å². The maximum atomic E-state index is 12.9. The number of sulfonamides is 1. The molecule has 0 atom stereocenters. The smallest absolute Gasteiger partial charge is 0.325 e. The van der Waals surface area contributed by atoms with Crippen molar-refractivity contribution >= 4 is 21.9 Å². The average Bonchev–Trinajstić information content (AvgIpc) is 2.66. The zero-order valence-corrected chi connectivity index (χ0v) is 17.8. The van der Waals surface area contributed by atoms with Gasteiger partial charge in [-0.05, 0) is 50.6 Å². The molecular weight excluding hydrogens is 392 g/mol. The number of nitrogens with zero attached hydrogens (tertiary/aromatic N) is 1. The van der Waals surface area contributed by atoms with Crippen LogP contribution in [0.4, 0.5) is 0 Å². The van der Waals surface area contributed by atoms with E-state index in [1.165, 1.54) is 36.3 Å². The summed E-state index contributed by atoms with van der Waals surface area (Å²) < 4.78 is 32.1. The largest absolute Gasteiger partial charge is 0.468 e. The molecule has 0 spiro atoms. The van der Waals surface area contributed by atoms with Crippen LogP contribution in [-0.4, -0.2) is 44.4 Å². The van der Waals surface area contributed by atoms with Gasteiger partial charge in [-0.25, -0.2) is 13.1 Å². The van der Waals surface area contributed by atoms with Crippen LogP contribution < -0.4 is 4.72 Å². The van der Waals surface area contributed by atoms with Crippen LogP contribution in [0.15, 0.2) is 59.5 Å². The van der Waals surface area contributed by atoms with Gasteiger partial charge in [0.2, 0.25) is 10.0 Å². The van der Waals surface area contributed by atoms with Crippen molar-refractivity contribution in [3.05, 3.63) is 65.7 Å². The number of carbonyl (C=O) groups is 2. The lowest BCUT2D eigenvalue weighted by molar-refractivity contribution is -0.141. The molecule has 0 fully saturated rings. The van der Waals surface area contributed by atoms with E-state index in [2.05, 4.69) is 4.72 Å². The van der Waals surface area contributed by atoms with Crippen molar-refractivity contribution in [3.63, 3.8) is 0 Å². The number of ether oxygens (including phenoxy) is 1. The Morgan fingerprint density at radius 1 is 1.00 bits per heavy atom. The highest BCUT2D eigenvalue weighted by Gasteiger charge is 2.24. The van der Waals surface area contributed by atoms with Crippen LogP contribution in [0, 0.1) is 0 Å². The summed E-state index contributed by atoms with van der Waals surface area (Å²) in [6.07, 6.45) is 0. The zero-order chi connectivity index (χ0) is 21.7. The quantitative estimate of drug-likeness (QED) is 0.698. The first-order valence-corrected chi connectivity index (χ1v) is 10.5. The number of methoxy groups -OCH3 is 1. The topological polar surface area (TPSA) is 92.8 Å². The van der Waals surface area contributed by atoms with E-state index in [1.807, 2.05) is 30.3 Å². The molecule has 1 amide bonds. The van der Waals surface area contributed by atoms with Crippen molar-refractivity contribution < 1.29 is 22.7 Å². The van der Waals surface area contributed by atoms with Gasteiger partial charge in [-0.2, -0.15) is 0 Å². The molecule has 2 rings (SSSR count). The Kier molecular flexibility index (Phi) is 7.16. The van der Waals surface area contributed by atoms with Crippen molar-refractivity contribution in [3.8, 4) is 0 Å². The van der Waals surface area contributed by atoms with E-state index in [4.69, 9.17) is 4.74 Å². The normalized spacial score (nSPS) is 11.7. The number of amides is 1. The zero-order valence-electron chi connectivity index (χ0n) is 17.0. The van der Waals surface area contributed by atoms with Gasteiger partial charge in [-0.3, -0.25) is 9.59 Å². The fraction of sp³-hybridized carbons (Fsp3) is 0.333. The number of carbonyl (C=O) groups excluding carboxylic acids is 2. The molecule has 1 N–H and O–H groups in total. The molecule has 0 saturated heterocycles. The molecule has 29 heavy (non-hydrogen) atoms. The van der Waals surface area contributed by atoms with Gasteiger partial charge in [0.25, 0.3) is 5.91 Å². The van der Waals surface area contributed by atoms with Crippen molar-refractivity contribution in [2.75, 3.05) is 13.7 Å². The third kappa shape index (κ3) is 6.69. The van der Waals surface area contributed by atoms with E-state index in [1.54, 1.807) is 20.8 Å². The summed E-state index contributed by atoms with van der Waals surface area (Å²) in [5.74, 6) is -0.935. The number of rotatable bonds is 7. The molecule has 0 aliphatic rings. The second kappa shape index (κ2) is 9.19. The van der Waals surface area contributed by atoms with Crippen molar-refractivity contribution in [1.82, 2.24) is 9.62 Å². The number of nitrogens with one attached hydrogen (secondary N) is 1. The first kappa shape index (κ1) is 22.6. The first-order chi connectivity index (χ1) is 13.5. The molecule has 0 heterocycles. The predicted octanol–water partition coefficient (Wildman–Crippen LogP) is 2.58. The molecule has 2 aromatic carbocycles. The molecule has 2 aromatic rings. The monoisotopic (exact) mass is 418 g/mol. The molecule has 7 nitrogen and oxygen atoms in total. The van der Waals surface area contributed by atoms with Gasteiger partial charge >= 0.3 is 5.97 Å². The highest BCUT2D eigenvalue weighted by Crippen LogP contribution is 2.16. The Balaban J connectivity index is 2.25. The molecule has 8 heteroatoms. The van der Waals surface area contributed by atoms with Gasteiger partial charge in [-0.15, -0.1) is 0 Å². The van der Waals surface area contributed by atoms with Gasteiger partial charge in [-0.1, -0.05) is 30.3 Å². The van der Waals surface area contributed by atoms with Crippen molar-refractivity contribution in [2.24, 2.45) is 0 Å². The van der Waals surface area contributed by atoms with Gasteiger partial charge < -0.3 is 9.64 Å². The van der Waals surface area contributed by atoms with E-state index in [0.717, 1.165) is 5.56 Å². The molecule has 0 radical (unpaired) electrons. The summed E-state index contributed by atoms with van der Waals surface area (Å²) in [6.45, 7) is 5.25. The van der Waals surface area contributed by atoms with Crippen LogP contribution in [0.5, 0.6) is 0 Å². The Hall–Kier alpha value is -2.71. The van der Waals surface area contributed by atoms with Crippen molar-refractivity contribution in [1.29, 1.82) is 0 Å². The van der Waals surface area contributed by atoms with E-state index in [9.17, 15) is 18.0 Å². The van der Waals surface area contributed by atoms with Gasteiger partial charge in [0, 0.05) is 17.6 Å². The third-order valence-corrected chi connectivity index (χ3v) is 5.68. The SMILES string of the molecule is COC(=O)CN(Cc1ccccc1)C(=O)c1ccc(S(=O)(=O)NC(C)(C)C)cc1. The highest BCUT2D eigenvalue weighted by molar-refractivity contribution is 7.89. The Morgan fingerprint density at radius 3 is 2.10 bits per heavy atom. The lowest BCUT2D eigenvalue weighted by atomic mass is 10.1. The Bertz CT molecular complexity index is 949. The van der Waals surface area contributed by atoms with Crippen LogP contribution in [0.3, 0.4) is 0 Å². The summed E-state index contributed by atoms with van der Waals surface area (Å²) in [6, 6.07) is 14.9. The fourth-order valence-corrected chi connectivity index (χ4v) is 4.06. The lowest BCUT2D eigenvalue weighted by Crippen LogP contribution is -2.40. The van der Waals surface area contributed by atoms with Gasteiger partial charge in [0.1, 0.15) is 6.54 Å². The molecule has 0 aromatic heterocycles. The van der Waals surface area contributed by atoms with Crippen LogP contribution in [0.25, 0.3) is 0 Å². The maximum Gasteiger partial charge on any atom is 0.325 e. The minimum absolute atomic E-state index is 0.0616. The molecular formula is C21H26N2O5S. The number of esters is 1. The summed E-state index contributed by atoms with van der Waals surface area (Å²) >= 11 is 0. The van der Waals surface area contributed by atoms with Gasteiger partial charge in [0.15, 0.2) is 0 Å². The van der Waals surface area contributed by atoms with E-state index < -0.39 is 27.4 Å². The number of hydrogen-bond donors (Lipinski definition) is 1. The summed E-state index contributed by atoms with van der Waals surface area (Å²) in [5.41, 5.74) is 0.512. The lowest BCUT2D eigenvalue weighted by Gasteiger charge is -2.22.